The zero-order valence-corrected chi connectivity index (χ0v) is 11.3. The van der Waals surface area contributed by atoms with E-state index in [4.69, 9.17) is 10.5 Å². The first kappa shape index (κ1) is 14.0. The largest absolute Gasteiger partial charge is 0.496 e. The molecule has 0 aliphatic carbocycles. The lowest BCUT2D eigenvalue weighted by Crippen LogP contribution is -2.24. The molecule has 96 valence electrons. The number of methoxy groups -OCH3 is 1. The normalized spacial score (nSPS) is 15.5. The molecule has 2 unspecified atom stereocenters. The van der Waals surface area contributed by atoms with E-state index in [0.717, 1.165) is 16.9 Å². The summed E-state index contributed by atoms with van der Waals surface area (Å²) in [4.78, 5) is 0. The molecule has 17 heavy (non-hydrogen) atoms. The van der Waals surface area contributed by atoms with Gasteiger partial charge in [0.15, 0.2) is 0 Å². The molecule has 3 nitrogen and oxygen atoms in total. The lowest BCUT2D eigenvalue weighted by Gasteiger charge is -2.24. The van der Waals surface area contributed by atoms with E-state index in [-0.39, 0.29) is 11.5 Å². The molecule has 0 aliphatic heterocycles. The van der Waals surface area contributed by atoms with Gasteiger partial charge >= 0.3 is 0 Å². The zero-order chi connectivity index (χ0) is 13.2. The highest BCUT2D eigenvalue weighted by molar-refractivity contribution is 5.42. The molecule has 0 aliphatic rings. The smallest absolute Gasteiger partial charge is 0.122 e. The summed E-state index contributed by atoms with van der Waals surface area (Å²) in [5.41, 5.74) is 7.98. The standard InChI is InChI=1S/C14H23NO2/c1-9(16)13(15)10-6-7-12(17-5)11(8-10)14(2,3)4/h6-9,13,16H,15H2,1-5H3. The average Bonchev–Trinajstić information content (AvgIpc) is 2.25. The summed E-state index contributed by atoms with van der Waals surface area (Å²) < 4.78 is 5.36. The minimum Gasteiger partial charge on any atom is -0.496 e. The quantitative estimate of drug-likeness (QED) is 0.848. The Morgan fingerprint density at radius 3 is 2.29 bits per heavy atom. The van der Waals surface area contributed by atoms with Crippen molar-refractivity contribution in [3.05, 3.63) is 29.3 Å². The van der Waals surface area contributed by atoms with Crippen LogP contribution in [-0.2, 0) is 5.41 Å². The monoisotopic (exact) mass is 237 g/mol. The Hall–Kier alpha value is -1.06. The van der Waals surface area contributed by atoms with E-state index in [1.165, 1.54) is 0 Å². The number of nitrogens with two attached hydrogens (primary N) is 1. The number of aliphatic hydroxyl groups is 1. The molecule has 1 aromatic rings. The van der Waals surface area contributed by atoms with E-state index in [9.17, 15) is 5.11 Å². The van der Waals surface area contributed by atoms with E-state index in [1.807, 2.05) is 18.2 Å². The highest BCUT2D eigenvalue weighted by Gasteiger charge is 2.21. The summed E-state index contributed by atoms with van der Waals surface area (Å²) in [5, 5.41) is 9.54. The SMILES string of the molecule is COc1ccc(C(N)C(C)O)cc1C(C)(C)C. The number of ether oxygens (including phenoxy) is 1. The summed E-state index contributed by atoms with van der Waals surface area (Å²) in [6, 6.07) is 5.49. The third kappa shape index (κ3) is 3.20. The summed E-state index contributed by atoms with van der Waals surface area (Å²) in [6.45, 7) is 8.08. The predicted molar refractivity (Wildman–Crippen MR) is 70.3 cm³/mol. The molecule has 0 amide bonds. The minimum absolute atomic E-state index is 0.0141. The van der Waals surface area contributed by atoms with Crippen LogP contribution in [0.5, 0.6) is 5.75 Å². The lowest BCUT2D eigenvalue weighted by molar-refractivity contribution is 0.164. The number of hydrogen-bond acceptors (Lipinski definition) is 3. The molecular weight excluding hydrogens is 214 g/mol. The Kier molecular flexibility index (Phi) is 4.17. The molecule has 0 fully saturated rings. The summed E-state index contributed by atoms with van der Waals surface area (Å²) in [7, 11) is 1.67. The van der Waals surface area contributed by atoms with Crippen molar-refractivity contribution < 1.29 is 9.84 Å². The van der Waals surface area contributed by atoms with E-state index >= 15 is 0 Å². The molecule has 0 spiro atoms. The second-order valence-corrected chi connectivity index (χ2v) is 5.48. The van der Waals surface area contributed by atoms with Gasteiger partial charge in [0, 0.05) is 0 Å². The van der Waals surface area contributed by atoms with Gasteiger partial charge in [-0.3, -0.25) is 0 Å². The highest BCUT2D eigenvalue weighted by atomic mass is 16.5. The zero-order valence-electron chi connectivity index (χ0n) is 11.3. The third-order valence-corrected chi connectivity index (χ3v) is 2.94. The van der Waals surface area contributed by atoms with Crippen LogP contribution in [-0.4, -0.2) is 18.3 Å². The fourth-order valence-electron chi connectivity index (χ4n) is 1.80. The van der Waals surface area contributed by atoms with Crippen molar-refractivity contribution in [2.75, 3.05) is 7.11 Å². The van der Waals surface area contributed by atoms with Crippen molar-refractivity contribution in [3.63, 3.8) is 0 Å². The molecule has 0 heterocycles. The first-order chi connectivity index (χ1) is 7.77. The molecule has 0 bridgehead atoms. The molecule has 3 N–H and O–H groups in total. The first-order valence-corrected chi connectivity index (χ1v) is 5.89. The second-order valence-electron chi connectivity index (χ2n) is 5.48. The summed E-state index contributed by atoms with van der Waals surface area (Å²) in [5.74, 6) is 0.860. The molecule has 0 aromatic heterocycles. The highest BCUT2D eigenvalue weighted by Crippen LogP contribution is 2.33. The van der Waals surface area contributed by atoms with Crippen LogP contribution < -0.4 is 10.5 Å². The fourth-order valence-corrected chi connectivity index (χ4v) is 1.80. The van der Waals surface area contributed by atoms with Crippen LogP contribution in [0, 0.1) is 0 Å². The average molecular weight is 237 g/mol. The van der Waals surface area contributed by atoms with Gasteiger partial charge in [0.25, 0.3) is 0 Å². The van der Waals surface area contributed by atoms with Crippen LogP contribution in [0.25, 0.3) is 0 Å². The van der Waals surface area contributed by atoms with Crippen molar-refractivity contribution in [2.45, 2.75) is 45.3 Å². The second kappa shape index (κ2) is 5.07. The van der Waals surface area contributed by atoms with Gasteiger partial charge in [0.1, 0.15) is 5.75 Å². The lowest BCUT2D eigenvalue weighted by atomic mass is 9.84. The Morgan fingerprint density at radius 1 is 1.29 bits per heavy atom. The van der Waals surface area contributed by atoms with Gasteiger partial charge in [-0.25, -0.2) is 0 Å². The Bertz CT molecular complexity index is 380. The molecule has 0 saturated carbocycles. The molecule has 0 radical (unpaired) electrons. The maximum Gasteiger partial charge on any atom is 0.122 e. The summed E-state index contributed by atoms with van der Waals surface area (Å²) >= 11 is 0. The van der Waals surface area contributed by atoms with Crippen molar-refractivity contribution in [2.24, 2.45) is 5.73 Å². The molecule has 2 atom stereocenters. The Labute approximate surface area is 104 Å². The molecule has 3 heteroatoms. The van der Waals surface area contributed by atoms with Gasteiger partial charge in [0.2, 0.25) is 0 Å². The van der Waals surface area contributed by atoms with Crippen LogP contribution in [0.15, 0.2) is 18.2 Å². The fraction of sp³-hybridized carbons (Fsp3) is 0.571. The van der Waals surface area contributed by atoms with Crippen LogP contribution in [0.3, 0.4) is 0 Å². The van der Waals surface area contributed by atoms with Crippen LogP contribution >= 0.6 is 0 Å². The maximum atomic E-state index is 9.54. The number of hydrogen-bond donors (Lipinski definition) is 2. The number of rotatable bonds is 3. The van der Waals surface area contributed by atoms with Gasteiger partial charge in [-0.05, 0) is 35.6 Å². The molecule has 1 rings (SSSR count). The van der Waals surface area contributed by atoms with Gasteiger partial charge in [-0.1, -0.05) is 26.8 Å². The predicted octanol–water partition coefficient (Wildman–Crippen LogP) is 2.37. The topological polar surface area (TPSA) is 55.5 Å². The Morgan fingerprint density at radius 2 is 1.88 bits per heavy atom. The first-order valence-electron chi connectivity index (χ1n) is 5.89. The van der Waals surface area contributed by atoms with Crippen molar-refractivity contribution in [3.8, 4) is 5.75 Å². The van der Waals surface area contributed by atoms with Crippen LogP contribution in [0.4, 0.5) is 0 Å². The van der Waals surface area contributed by atoms with Crippen LogP contribution in [0.1, 0.15) is 44.9 Å². The minimum atomic E-state index is -0.559. The van der Waals surface area contributed by atoms with Gasteiger partial charge in [0.05, 0.1) is 19.3 Å². The van der Waals surface area contributed by atoms with Crippen LogP contribution in [0.2, 0.25) is 0 Å². The third-order valence-electron chi connectivity index (χ3n) is 2.94. The summed E-state index contributed by atoms with van der Waals surface area (Å²) in [6.07, 6.45) is -0.559. The maximum absolute atomic E-state index is 9.54. The van der Waals surface area contributed by atoms with Crippen molar-refractivity contribution >= 4 is 0 Å². The van der Waals surface area contributed by atoms with Gasteiger partial charge in [-0.15, -0.1) is 0 Å². The van der Waals surface area contributed by atoms with E-state index < -0.39 is 6.10 Å². The Balaban J connectivity index is 3.23. The van der Waals surface area contributed by atoms with E-state index in [1.54, 1.807) is 14.0 Å². The molecule has 1 aromatic carbocycles. The van der Waals surface area contributed by atoms with E-state index in [2.05, 4.69) is 20.8 Å². The molecular formula is C14H23NO2. The van der Waals surface area contributed by atoms with Gasteiger partial charge in [-0.2, -0.15) is 0 Å². The molecule has 0 saturated heterocycles. The van der Waals surface area contributed by atoms with Crippen molar-refractivity contribution in [1.29, 1.82) is 0 Å². The van der Waals surface area contributed by atoms with Crippen molar-refractivity contribution in [1.82, 2.24) is 0 Å². The van der Waals surface area contributed by atoms with E-state index in [0.29, 0.717) is 0 Å². The number of benzene rings is 1. The number of aliphatic hydroxyl groups excluding tert-OH is 1. The van der Waals surface area contributed by atoms with Gasteiger partial charge < -0.3 is 15.6 Å².